The molecule has 1 fully saturated rings. The number of benzene rings is 2. The van der Waals surface area contributed by atoms with Gasteiger partial charge in [-0.1, -0.05) is 25.5 Å². The molecule has 7 nitrogen and oxygen atoms in total. The van der Waals surface area contributed by atoms with Crippen molar-refractivity contribution in [3.63, 3.8) is 0 Å². The molecule has 3 rings (SSSR count). The molecule has 0 spiro atoms. The summed E-state index contributed by atoms with van der Waals surface area (Å²) >= 11 is 0. The minimum absolute atomic E-state index is 0.0327. The van der Waals surface area contributed by atoms with Crippen LogP contribution in [0.4, 0.5) is 4.39 Å². The maximum Gasteiger partial charge on any atom is 0.261 e. The molecule has 1 unspecified atom stereocenters. The van der Waals surface area contributed by atoms with Crippen LogP contribution >= 0.6 is 0 Å². The van der Waals surface area contributed by atoms with E-state index >= 15 is 0 Å². The third-order valence-corrected chi connectivity index (χ3v) is 7.13. The van der Waals surface area contributed by atoms with Crippen LogP contribution in [0.25, 0.3) is 0 Å². The lowest BCUT2D eigenvalue weighted by atomic mass is 10.2. The molecule has 1 heterocycles. The summed E-state index contributed by atoms with van der Waals surface area (Å²) in [5, 5.41) is 2.71. The van der Waals surface area contributed by atoms with E-state index in [2.05, 4.69) is 5.32 Å². The Morgan fingerprint density at radius 3 is 2.44 bits per heavy atom. The van der Waals surface area contributed by atoms with Gasteiger partial charge in [0.05, 0.1) is 11.4 Å². The lowest BCUT2D eigenvalue weighted by molar-refractivity contribution is -0.128. The van der Waals surface area contributed by atoms with Crippen LogP contribution in [0, 0.1) is 5.82 Å². The van der Waals surface area contributed by atoms with Gasteiger partial charge in [0.2, 0.25) is 10.0 Å². The molecule has 9 heteroatoms. The molecular weight excluding hydrogens is 435 g/mol. The van der Waals surface area contributed by atoms with E-state index in [0.717, 1.165) is 19.3 Å². The molecule has 1 N–H and O–H groups in total. The quantitative estimate of drug-likeness (QED) is 0.545. The van der Waals surface area contributed by atoms with E-state index in [1.54, 1.807) is 31.2 Å². The summed E-state index contributed by atoms with van der Waals surface area (Å²) in [6.45, 7) is 3.31. The number of nitrogens with zero attached hydrogens (tertiary/aromatic N) is 1. The van der Waals surface area contributed by atoms with Crippen molar-refractivity contribution in [1.82, 2.24) is 9.62 Å². The first-order valence-corrected chi connectivity index (χ1v) is 12.3. The second-order valence-corrected chi connectivity index (χ2v) is 9.46. The Bertz CT molecular complexity index is 992. The zero-order valence-corrected chi connectivity index (χ0v) is 18.9. The molecule has 0 saturated carbocycles. The number of piperidine rings is 1. The van der Waals surface area contributed by atoms with Crippen molar-refractivity contribution < 1.29 is 27.1 Å². The van der Waals surface area contributed by atoms with Gasteiger partial charge in [0.25, 0.3) is 5.91 Å². The Balaban J connectivity index is 1.45. The van der Waals surface area contributed by atoms with Crippen LogP contribution in [0.3, 0.4) is 0 Å². The molecular formula is C23H29FN2O5S. The average molecular weight is 465 g/mol. The first-order valence-electron chi connectivity index (χ1n) is 10.8. The van der Waals surface area contributed by atoms with E-state index in [9.17, 15) is 17.6 Å². The first kappa shape index (κ1) is 24.0. The van der Waals surface area contributed by atoms with E-state index < -0.39 is 21.9 Å². The molecule has 1 atom stereocenters. The van der Waals surface area contributed by atoms with Gasteiger partial charge < -0.3 is 14.8 Å². The summed E-state index contributed by atoms with van der Waals surface area (Å²) in [5.41, 5.74) is 0. The fourth-order valence-electron chi connectivity index (χ4n) is 3.43. The Morgan fingerprint density at radius 1 is 1.09 bits per heavy atom. The number of rotatable bonds is 10. The van der Waals surface area contributed by atoms with Gasteiger partial charge in [0.15, 0.2) is 17.7 Å². The SMILES string of the molecule is CCC(Oc1ccccc1F)C(=O)NCCOc1ccc(S(=O)(=O)N2CCCCC2)cc1. The fourth-order valence-corrected chi connectivity index (χ4v) is 4.95. The van der Waals surface area contributed by atoms with Gasteiger partial charge in [0.1, 0.15) is 12.4 Å². The van der Waals surface area contributed by atoms with Gasteiger partial charge in [-0.3, -0.25) is 4.79 Å². The van der Waals surface area contributed by atoms with Crippen molar-refractivity contribution in [3.8, 4) is 11.5 Å². The Labute approximate surface area is 188 Å². The van der Waals surface area contributed by atoms with Gasteiger partial charge in [-0.15, -0.1) is 0 Å². The smallest absolute Gasteiger partial charge is 0.261 e. The molecule has 0 radical (unpaired) electrons. The van der Waals surface area contributed by atoms with Crippen molar-refractivity contribution in [2.45, 2.75) is 43.6 Å². The number of sulfonamides is 1. The molecule has 32 heavy (non-hydrogen) atoms. The van der Waals surface area contributed by atoms with Crippen molar-refractivity contribution in [3.05, 3.63) is 54.3 Å². The second kappa shape index (κ2) is 11.3. The van der Waals surface area contributed by atoms with E-state index in [-0.39, 0.29) is 29.7 Å². The van der Waals surface area contributed by atoms with E-state index in [1.807, 2.05) is 0 Å². The maximum absolute atomic E-state index is 13.7. The highest BCUT2D eigenvalue weighted by molar-refractivity contribution is 7.89. The summed E-state index contributed by atoms with van der Waals surface area (Å²) in [7, 11) is -3.48. The van der Waals surface area contributed by atoms with E-state index in [1.165, 1.54) is 28.6 Å². The van der Waals surface area contributed by atoms with Gasteiger partial charge in [-0.25, -0.2) is 12.8 Å². The number of carbonyl (C=O) groups is 1. The van der Waals surface area contributed by atoms with Gasteiger partial charge in [-0.05, 0) is 55.7 Å². The van der Waals surface area contributed by atoms with Crippen LogP contribution in [-0.2, 0) is 14.8 Å². The molecule has 1 saturated heterocycles. The summed E-state index contributed by atoms with van der Waals surface area (Å²) in [5.74, 6) is -0.341. The van der Waals surface area contributed by atoms with Crippen molar-refractivity contribution in [2.75, 3.05) is 26.2 Å². The number of hydrogen-bond acceptors (Lipinski definition) is 5. The highest BCUT2D eigenvalue weighted by atomic mass is 32.2. The molecule has 1 aliphatic rings. The van der Waals surface area contributed by atoms with Crippen molar-refractivity contribution >= 4 is 15.9 Å². The summed E-state index contributed by atoms with van der Waals surface area (Å²) in [6, 6.07) is 12.2. The van der Waals surface area contributed by atoms with Crippen LogP contribution in [0.15, 0.2) is 53.4 Å². The normalized spacial score (nSPS) is 15.7. The highest BCUT2D eigenvalue weighted by Gasteiger charge is 2.25. The topological polar surface area (TPSA) is 84.9 Å². The average Bonchev–Trinajstić information content (AvgIpc) is 2.82. The zero-order valence-electron chi connectivity index (χ0n) is 18.1. The molecule has 174 valence electrons. The molecule has 1 aliphatic heterocycles. The predicted octanol–water partition coefficient (Wildman–Crippen LogP) is 3.35. The molecule has 0 aliphatic carbocycles. The Hall–Kier alpha value is -2.65. The minimum atomic E-state index is -3.48. The Morgan fingerprint density at radius 2 is 1.78 bits per heavy atom. The monoisotopic (exact) mass is 464 g/mol. The van der Waals surface area contributed by atoms with Crippen LogP contribution in [0.1, 0.15) is 32.6 Å². The molecule has 0 aromatic heterocycles. The number of carbonyl (C=O) groups excluding carboxylic acids is 1. The number of amides is 1. The lowest BCUT2D eigenvalue weighted by Gasteiger charge is -2.25. The third kappa shape index (κ3) is 6.20. The Kier molecular flexibility index (Phi) is 8.46. The van der Waals surface area contributed by atoms with Crippen LogP contribution in [0.5, 0.6) is 11.5 Å². The predicted molar refractivity (Wildman–Crippen MR) is 119 cm³/mol. The fraction of sp³-hybridized carbons (Fsp3) is 0.435. The largest absolute Gasteiger partial charge is 0.492 e. The van der Waals surface area contributed by atoms with Crippen LogP contribution < -0.4 is 14.8 Å². The maximum atomic E-state index is 13.7. The first-order chi connectivity index (χ1) is 15.4. The van der Waals surface area contributed by atoms with Crippen molar-refractivity contribution in [1.29, 1.82) is 0 Å². The highest BCUT2D eigenvalue weighted by Crippen LogP contribution is 2.22. The number of ether oxygens (including phenoxy) is 2. The molecule has 0 bridgehead atoms. The van der Waals surface area contributed by atoms with Gasteiger partial charge in [-0.2, -0.15) is 4.31 Å². The minimum Gasteiger partial charge on any atom is -0.492 e. The zero-order chi connectivity index (χ0) is 23.0. The number of halogens is 1. The molecule has 2 aromatic carbocycles. The number of hydrogen-bond donors (Lipinski definition) is 1. The van der Waals surface area contributed by atoms with E-state index in [0.29, 0.717) is 25.3 Å². The molecule has 1 amide bonds. The van der Waals surface area contributed by atoms with Crippen LogP contribution in [-0.4, -0.2) is 51.0 Å². The van der Waals surface area contributed by atoms with Crippen molar-refractivity contribution in [2.24, 2.45) is 0 Å². The van der Waals surface area contributed by atoms with Crippen LogP contribution in [0.2, 0.25) is 0 Å². The number of nitrogens with one attached hydrogen (secondary N) is 1. The second-order valence-electron chi connectivity index (χ2n) is 7.52. The van der Waals surface area contributed by atoms with Gasteiger partial charge in [0, 0.05) is 13.1 Å². The standard InChI is InChI=1S/C23H29FN2O5S/c1-2-21(31-22-9-5-4-8-20(22)24)23(27)25-14-17-30-18-10-12-19(13-11-18)32(28,29)26-15-6-3-7-16-26/h4-5,8-13,21H,2-3,6-7,14-17H2,1H3,(H,25,27). The third-order valence-electron chi connectivity index (χ3n) is 5.22. The summed E-state index contributed by atoms with van der Waals surface area (Å²) in [4.78, 5) is 12.6. The molecule has 2 aromatic rings. The summed E-state index contributed by atoms with van der Waals surface area (Å²) in [6.07, 6.45) is 2.40. The summed E-state index contributed by atoms with van der Waals surface area (Å²) < 4.78 is 51.7. The number of para-hydroxylation sites is 1. The van der Waals surface area contributed by atoms with E-state index in [4.69, 9.17) is 9.47 Å². The van der Waals surface area contributed by atoms with Gasteiger partial charge >= 0.3 is 0 Å². The lowest BCUT2D eigenvalue weighted by Crippen LogP contribution is -2.39.